The van der Waals surface area contributed by atoms with Crippen LogP contribution in [-0.4, -0.2) is 19.9 Å². The van der Waals surface area contributed by atoms with Crippen molar-refractivity contribution in [1.82, 2.24) is 15.0 Å². The molecule has 0 saturated carbocycles. The second-order valence-electron chi connectivity index (χ2n) is 3.60. The lowest BCUT2D eigenvalue weighted by Gasteiger charge is -2.01. The molecule has 8 heteroatoms. The molecular formula is C10H8BrFN4O2. The number of non-ortho nitro benzene ring substituents is 1. The van der Waals surface area contributed by atoms with Crippen molar-refractivity contribution in [3.05, 3.63) is 46.0 Å². The van der Waals surface area contributed by atoms with Crippen LogP contribution in [0.15, 0.2) is 24.4 Å². The van der Waals surface area contributed by atoms with Gasteiger partial charge in [0.05, 0.1) is 27.7 Å². The molecule has 94 valence electrons. The van der Waals surface area contributed by atoms with Gasteiger partial charge in [0.2, 0.25) is 0 Å². The Kier molecular flexibility index (Phi) is 3.37. The van der Waals surface area contributed by atoms with E-state index in [0.717, 1.165) is 6.07 Å². The number of rotatable bonds is 3. The monoisotopic (exact) mass is 314 g/mol. The van der Waals surface area contributed by atoms with Crippen LogP contribution in [0.2, 0.25) is 0 Å². The quantitative estimate of drug-likeness (QED) is 0.496. The third kappa shape index (κ3) is 2.37. The smallest absolute Gasteiger partial charge is 0.258 e. The molecule has 2 rings (SSSR count). The fourth-order valence-electron chi connectivity index (χ4n) is 1.37. The van der Waals surface area contributed by atoms with Crippen LogP contribution in [0.1, 0.15) is 17.4 Å². The van der Waals surface area contributed by atoms with Gasteiger partial charge in [-0.1, -0.05) is 21.1 Å². The molecule has 18 heavy (non-hydrogen) atoms. The standard InChI is InChI=1S/C10H8BrFN4O2/c1-6(11)9-5-15(14-13-9)10-3-2-7(16(17)18)4-8(10)12/h2-6H,1H3. The molecule has 1 aromatic carbocycles. The summed E-state index contributed by atoms with van der Waals surface area (Å²) < 4.78 is 14.9. The van der Waals surface area contributed by atoms with Gasteiger partial charge in [0, 0.05) is 6.07 Å². The highest BCUT2D eigenvalue weighted by atomic mass is 79.9. The van der Waals surface area contributed by atoms with Crippen molar-refractivity contribution < 1.29 is 9.31 Å². The summed E-state index contributed by atoms with van der Waals surface area (Å²) in [7, 11) is 0. The minimum Gasteiger partial charge on any atom is -0.258 e. The van der Waals surface area contributed by atoms with Crippen LogP contribution in [-0.2, 0) is 0 Å². The maximum absolute atomic E-state index is 13.7. The van der Waals surface area contributed by atoms with Crippen LogP contribution in [0.25, 0.3) is 5.69 Å². The Bertz CT molecular complexity index is 599. The van der Waals surface area contributed by atoms with E-state index in [1.54, 1.807) is 6.20 Å². The predicted octanol–water partition coefficient (Wildman–Crippen LogP) is 2.77. The second kappa shape index (κ2) is 4.81. The Balaban J connectivity index is 2.41. The lowest BCUT2D eigenvalue weighted by molar-refractivity contribution is -0.385. The first-order valence-electron chi connectivity index (χ1n) is 4.99. The highest BCUT2D eigenvalue weighted by molar-refractivity contribution is 9.09. The van der Waals surface area contributed by atoms with Gasteiger partial charge in [0.25, 0.3) is 5.69 Å². The first-order chi connectivity index (χ1) is 8.49. The number of halogens is 2. The van der Waals surface area contributed by atoms with Gasteiger partial charge in [-0.25, -0.2) is 9.07 Å². The number of hydrogen-bond donors (Lipinski definition) is 0. The molecule has 1 aromatic heterocycles. The molecule has 1 unspecified atom stereocenters. The van der Waals surface area contributed by atoms with Crippen molar-refractivity contribution in [3.8, 4) is 5.69 Å². The van der Waals surface area contributed by atoms with Crippen LogP contribution >= 0.6 is 15.9 Å². The van der Waals surface area contributed by atoms with E-state index in [1.165, 1.54) is 16.8 Å². The summed E-state index contributed by atoms with van der Waals surface area (Å²) in [5.74, 6) is -0.720. The van der Waals surface area contributed by atoms with Crippen LogP contribution in [0.3, 0.4) is 0 Å². The van der Waals surface area contributed by atoms with E-state index in [2.05, 4.69) is 26.2 Å². The van der Waals surface area contributed by atoms with Gasteiger partial charge < -0.3 is 0 Å². The zero-order valence-electron chi connectivity index (χ0n) is 9.25. The number of alkyl halides is 1. The zero-order valence-corrected chi connectivity index (χ0v) is 10.8. The summed E-state index contributed by atoms with van der Waals surface area (Å²) in [4.78, 5) is 9.83. The van der Waals surface area contributed by atoms with Crippen molar-refractivity contribution in [2.75, 3.05) is 0 Å². The zero-order chi connectivity index (χ0) is 13.3. The third-order valence-electron chi connectivity index (χ3n) is 2.31. The predicted molar refractivity (Wildman–Crippen MR) is 65.3 cm³/mol. The van der Waals surface area contributed by atoms with E-state index in [9.17, 15) is 14.5 Å². The number of nitro groups is 1. The molecule has 0 amide bonds. The third-order valence-corrected chi connectivity index (χ3v) is 2.78. The number of nitro benzene ring substituents is 1. The largest absolute Gasteiger partial charge is 0.272 e. The molecule has 0 fully saturated rings. The van der Waals surface area contributed by atoms with Gasteiger partial charge in [0.1, 0.15) is 5.69 Å². The second-order valence-corrected chi connectivity index (χ2v) is 4.97. The fraction of sp³-hybridized carbons (Fsp3) is 0.200. The van der Waals surface area contributed by atoms with E-state index < -0.39 is 10.7 Å². The SMILES string of the molecule is CC(Br)c1cn(-c2ccc([N+](=O)[O-])cc2F)nn1. The minimum absolute atomic E-state index is 0.00707. The van der Waals surface area contributed by atoms with Crippen molar-refractivity contribution >= 4 is 21.6 Å². The first-order valence-corrected chi connectivity index (χ1v) is 5.91. The summed E-state index contributed by atoms with van der Waals surface area (Å²) in [5, 5.41) is 18.1. The van der Waals surface area contributed by atoms with E-state index in [1.807, 2.05) is 6.92 Å². The van der Waals surface area contributed by atoms with Gasteiger partial charge in [-0.05, 0) is 13.0 Å². The molecule has 0 spiro atoms. The number of hydrogen-bond acceptors (Lipinski definition) is 4. The molecular weight excluding hydrogens is 307 g/mol. The molecule has 0 saturated heterocycles. The van der Waals surface area contributed by atoms with Gasteiger partial charge in [-0.3, -0.25) is 10.1 Å². The Morgan fingerprint density at radius 2 is 2.28 bits per heavy atom. The molecule has 1 atom stereocenters. The molecule has 0 aliphatic heterocycles. The van der Waals surface area contributed by atoms with Crippen molar-refractivity contribution in [2.45, 2.75) is 11.8 Å². The van der Waals surface area contributed by atoms with Gasteiger partial charge in [0.15, 0.2) is 5.82 Å². The summed E-state index contributed by atoms with van der Waals surface area (Å²) in [6.45, 7) is 1.86. The van der Waals surface area contributed by atoms with E-state index in [4.69, 9.17) is 0 Å². The van der Waals surface area contributed by atoms with E-state index >= 15 is 0 Å². The molecule has 2 aromatic rings. The van der Waals surface area contributed by atoms with Crippen molar-refractivity contribution in [3.63, 3.8) is 0 Å². The van der Waals surface area contributed by atoms with Crippen LogP contribution < -0.4 is 0 Å². The molecule has 0 aliphatic rings. The lowest BCUT2D eigenvalue weighted by atomic mass is 10.2. The van der Waals surface area contributed by atoms with Gasteiger partial charge in [-0.15, -0.1) is 5.10 Å². The molecule has 0 aliphatic carbocycles. The molecule has 1 heterocycles. The topological polar surface area (TPSA) is 73.8 Å². The van der Waals surface area contributed by atoms with Gasteiger partial charge in [-0.2, -0.15) is 0 Å². The van der Waals surface area contributed by atoms with Crippen molar-refractivity contribution in [2.24, 2.45) is 0 Å². The van der Waals surface area contributed by atoms with Crippen LogP contribution in [0.5, 0.6) is 0 Å². The number of nitrogens with zero attached hydrogens (tertiary/aromatic N) is 4. The lowest BCUT2D eigenvalue weighted by Crippen LogP contribution is -1.99. The Hall–Kier alpha value is -1.83. The van der Waals surface area contributed by atoms with Crippen LogP contribution in [0, 0.1) is 15.9 Å². The Morgan fingerprint density at radius 1 is 1.56 bits per heavy atom. The molecule has 0 N–H and O–H groups in total. The number of benzene rings is 1. The Labute approximate surface area is 110 Å². The van der Waals surface area contributed by atoms with Gasteiger partial charge >= 0.3 is 0 Å². The molecule has 0 radical (unpaired) electrons. The maximum Gasteiger partial charge on any atom is 0.272 e. The average molecular weight is 315 g/mol. The molecule has 6 nitrogen and oxygen atoms in total. The summed E-state index contributed by atoms with van der Waals surface area (Å²) in [6.07, 6.45) is 1.56. The number of aromatic nitrogens is 3. The fourth-order valence-corrected chi connectivity index (χ4v) is 1.58. The minimum atomic E-state index is -0.720. The highest BCUT2D eigenvalue weighted by Crippen LogP contribution is 2.22. The van der Waals surface area contributed by atoms with Crippen LogP contribution in [0.4, 0.5) is 10.1 Å². The highest BCUT2D eigenvalue weighted by Gasteiger charge is 2.14. The summed E-state index contributed by atoms with van der Waals surface area (Å²) in [5.41, 5.74) is 0.464. The average Bonchev–Trinajstić information content (AvgIpc) is 2.78. The summed E-state index contributed by atoms with van der Waals surface area (Å²) >= 11 is 3.32. The molecule has 0 bridgehead atoms. The van der Waals surface area contributed by atoms with Crippen molar-refractivity contribution in [1.29, 1.82) is 0 Å². The normalized spacial score (nSPS) is 12.4. The summed E-state index contributed by atoms with van der Waals surface area (Å²) in [6, 6.07) is 3.37. The Morgan fingerprint density at radius 3 is 2.78 bits per heavy atom. The van der Waals surface area contributed by atoms with E-state index in [0.29, 0.717) is 5.69 Å². The first kappa shape index (κ1) is 12.6. The van der Waals surface area contributed by atoms with E-state index in [-0.39, 0.29) is 16.2 Å². The maximum atomic E-state index is 13.7.